The summed E-state index contributed by atoms with van der Waals surface area (Å²) in [6.45, 7) is 0.477. The fourth-order valence-corrected chi connectivity index (χ4v) is 9.34. The number of rotatable bonds is 17. The van der Waals surface area contributed by atoms with Crippen molar-refractivity contribution in [2.24, 2.45) is 0 Å². The fraction of sp³-hybridized carbons (Fsp3) is 0.462. The molecule has 36 heavy (non-hydrogen) atoms. The zero-order valence-corrected chi connectivity index (χ0v) is 23.7. The molecule has 0 heterocycles. The van der Waals surface area contributed by atoms with E-state index in [0.717, 1.165) is 10.4 Å². The number of hydrogen-bond donors (Lipinski definition) is 0. The molecule has 0 radical (unpaired) electrons. The summed E-state index contributed by atoms with van der Waals surface area (Å²) in [4.78, 5) is 24.1. The molecule has 0 saturated heterocycles. The minimum Gasteiger partial charge on any atom is -0.466 e. The number of ether oxygens (including phenoxy) is 2. The Balaban J connectivity index is 1.66. The lowest BCUT2D eigenvalue weighted by Gasteiger charge is -2.27. The average molecular weight is 535 g/mol. The van der Waals surface area contributed by atoms with Gasteiger partial charge in [-0.25, -0.2) is 0 Å². The van der Waals surface area contributed by atoms with E-state index in [1.807, 2.05) is 60.7 Å². The van der Waals surface area contributed by atoms with Crippen LogP contribution in [-0.4, -0.2) is 70.7 Å². The maximum atomic E-state index is 12.1. The molecule has 2 aromatic rings. The first-order valence-electron chi connectivity index (χ1n) is 12.1. The summed E-state index contributed by atoms with van der Waals surface area (Å²) in [5.74, 6) is -0.856. The highest BCUT2D eigenvalue weighted by Crippen LogP contribution is 2.16. The van der Waals surface area contributed by atoms with E-state index in [1.165, 1.54) is 0 Å². The van der Waals surface area contributed by atoms with Crippen molar-refractivity contribution in [2.75, 3.05) is 41.7 Å². The molecule has 0 fully saturated rings. The van der Waals surface area contributed by atoms with Crippen LogP contribution >= 0.6 is 0 Å². The van der Waals surface area contributed by atoms with Crippen LogP contribution in [-0.2, 0) is 36.8 Å². The van der Waals surface area contributed by atoms with Crippen LogP contribution in [0.25, 0.3) is 0 Å². The van der Waals surface area contributed by atoms with Gasteiger partial charge in [-0.2, -0.15) is 0 Å². The molecule has 0 amide bonds. The molecule has 8 nitrogen and oxygen atoms in total. The Morgan fingerprint density at radius 1 is 0.583 bits per heavy atom. The first-order chi connectivity index (χ1) is 17.4. The molecule has 0 bridgehead atoms. The van der Waals surface area contributed by atoms with Gasteiger partial charge in [0.25, 0.3) is 0 Å². The third kappa shape index (κ3) is 8.65. The predicted octanol–water partition coefficient (Wildman–Crippen LogP) is 2.92. The standard InChI is InChI=1S/C26H38O8Si2/c1-29-35(30-2,23-13-7-5-8-14-23)21-11-19-33-25(27)17-18-26(28)34-20-12-22-36(31-3,32-4)24-15-9-6-10-16-24/h5-10,13-16H,11-12,17-22H2,1-4H3. The topological polar surface area (TPSA) is 89.5 Å². The molecule has 2 rings (SSSR count). The zero-order valence-electron chi connectivity index (χ0n) is 21.7. The van der Waals surface area contributed by atoms with Crippen molar-refractivity contribution in [3.63, 3.8) is 0 Å². The Morgan fingerprint density at radius 3 is 1.22 bits per heavy atom. The molecule has 0 aliphatic rings. The summed E-state index contributed by atoms with van der Waals surface area (Å²) in [7, 11) is 1.45. The van der Waals surface area contributed by atoms with Gasteiger partial charge < -0.3 is 27.2 Å². The van der Waals surface area contributed by atoms with E-state index in [0.29, 0.717) is 24.9 Å². The zero-order chi connectivity index (χ0) is 26.3. The van der Waals surface area contributed by atoms with Crippen LogP contribution in [0.1, 0.15) is 25.7 Å². The number of carbonyl (C=O) groups is 2. The van der Waals surface area contributed by atoms with Crippen molar-refractivity contribution < 1.29 is 36.8 Å². The van der Waals surface area contributed by atoms with Crippen molar-refractivity contribution >= 4 is 39.4 Å². The summed E-state index contributed by atoms with van der Waals surface area (Å²) in [5, 5.41) is 2.06. The smallest absolute Gasteiger partial charge is 0.372 e. The second-order valence-corrected chi connectivity index (χ2v) is 15.0. The van der Waals surface area contributed by atoms with Crippen LogP contribution < -0.4 is 10.4 Å². The van der Waals surface area contributed by atoms with Crippen LogP contribution in [0.4, 0.5) is 0 Å². The Hall–Kier alpha value is -2.35. The van der Waals surface area contributed by atoms with Crippen LogP contribution in [0, 0.1) is 0 Å². The summed E-state index contributed by atoms with van der Waals surface area (Å²) in [6.07, 6.45) is 1.16. The Labute approximate surface area is 216 Å². The molecule has 0 N–H and O–H groups in total. The molecule has 2 aromatic carbocycles. The summed E-state index contributed by atoms with van der Waals surface area (Å²) in [5.41, 5.74) is 0. The molecular formula is C26H38O8Si2. The van der Waals surface area contributed by atoms with E-state index < -0.39 is 29.1 Å². The van der Waals surface area contributed by atoms with Crippen LogP contribution in [0.5, 0.6) is 0 Å². The van der Waals surface area contributed by atoms with Gasteiger partial charge in [0, 0.05) is 28.4 Å². The molecule has 10 heteroatoms. The lowest BCUT2D eigenvalue weighted by atomic mass is 10.3. The predicted molar refractivity (Wildman–Crippen MR) is 142 cm³/mol. The first kappa shape index (κ1) is 29.9. The molecule has 0 aliphatic heterocycles. The summed E-state index contributed by atoms with van der Waals surface area (Å²) in [6, 6.07) is 20.9. The minimum absolute atomic E-state index is 0.0203. The van der Waals surface area contributed by atoms with E-state index in [-0.39, 0.29) is 26.1 Å². The van der Waals surface area contributed by atoms with Gasteiger partial charge in [-0.1, -0.05) is 60.7 Å². The molecular weight excluding hydrogens is 496 g/mol. The number of hydrogen-bond acceptors (Lipinski definition) is 8. The van der Waals surface area contributed by atoms with Crippen molar-refractivity contribution in [2.45, 2.75) is 37.8 Å². The van der Waals surface area contributed by atoms with Crippen LogP contribution in [0.15, 0.2) is 60.7 Å². The highest BCUT2D eigenvalue weighted by Gasteiger charge is 2.38. The molecule has 0 atom stereocenters. The highest BCUT2D eigenvalue weighted by atomic mass is 28.4. The monoisotopic (exact) mass is 534 g/mol. The van der Waals surface area contributed by atoms with Crippen molar-refractivity contribution in [3.8, 4) is 0 Å². The number of esters is 2. The summed E-state index contributed by atoms with van der Waals surface area (Å²) >= 11 is 0. The Morgan fingerprint density at radius 2 is 0.917 bits per heavy atom. The van der Waals surface area contributed by atoms with E-state index >= 15 is 0 Å². The van der Waals surface area contributed by atoms with Gasteiger partial charge in [0.15, 0.2) is 0 Å². The van der Waals surface area contributed by atoms with E-state index in [2.05, 4.69) is 0 Å². The average Bonchev–Trinajstić information content (AvgIpc) is 2.93. The second-order valence-electron chi connectivity index (χ2n) is 8.20. The third-order valence-electron chi connectivity index (χ3n) is 6.11. The van der Waals surface area contributed by atoms with E-state index in [1.54, 1.807) is 28.4 Å². The highest BCUT2D eigenvalue weighted by molar-refractivity contribution is 6.81. The summed E-state index contributed by atoms with van der Waals surface area (Å²) < 4.78 is 33.7. The van der Waals surface area contributed by atoms with Gasteiger partial charge in [0.05, 0.1) is 26.1 Å². The van der Waals surface area contributed by atoms with Crippen molar-refractivity contribution in [1.29, 1.82) is 0 Å². The van der Waals surface area contributed by atoms with Gasteiger partial charge in [-0.15, -0.1) is 0 Å². The van der Waals surface area contributed by atoms with Crippen LogP contribution in [0.3, 0.4) is 0 Å². The van der Waals surface area contributed by atoms with Crippen LogP contribution in [0.2, 0.25) is 12.1 Å². The minimum atomic E-state index is -2.57. The normalized spacial score (nSPS) is 11.8. The lowest BCUT2D eigenvalue weighted by Crippen LogP contribution is -2.52. The van der Waals surface area contributed by atoms with Crippen molar-refractivity contribution in [3.05, 3.63) is 60.7 Å². The second kappa shape index (κ2) is 15.7. The van der Waals surface area contributed by atoms with Crippen molar-refractivity contribution in [1.82, 2.24) is 0 Å². The SMILES string of the molecule is CO[Si](CCCOC(=O)CCC(=O)OCCC[Si](OC)(OC)c1ccccc1)(OC)c1ccccc1. The van der Waals surface area contributed by atoms with Gasteiger partial charge in [-0.05, 0) is 35.3 Å². The molecule has 0 unspecified atom stereocenters. The molecule has 0 saturated carbocycles. The lowest BCUT2D eigenvalue weighted by molar-refractivity contribution is -0.150. The van der Waals surface area contributed by atoms with Gasteiger partial charge >= 0.3 is 29.1 Å². The quantitative estimate of drug-likeness (QED) is 0.174. The maximum Gasteiger partial charge on any atom is 0.372 e. The first-order valence-corrected chi connectivity index (χ1v) is 16.1. The molecule has 0 aliphatic carbocycles. The molecule has 0 spiro atoms. The van der Waals surface area contributed by atoms with E-state index in [4.69, 9.17) is 27.2 Å². The number of carbonyl (C=O) groups excluding carboxylic acids is 2. The Kier molecular flexibility index (Phi) is 13.0. The van der Waals surface area contributed by atoms with E-state index in [9.17, 15) is 9.59 Å². The fourth-order valence-electron chi connectivity index (χ4n) is 4.05. The Bertz CT molecular complexity index is 827. The van der Waals surface area contributed by atoms with Gasteiger partial charge in [0.1, 0.15) is 0 Å². The van der Waals surface area contributed by atoms with Gasteiger partial charge in [-0.3, -0.25) is 9.59 Å². The van der Waals surface area contributed by atoms with Gasteiger partial charge in [0.2, 0.25) is 0 Å². The molecule has 198 valence electrons. The third-order valence-corrected chi connectivity index (χ3v) is 13.2. The maximum absolute atomic E-state index is 12.1. The molecule has 0 aromatic heterocycles. The number of benzene rings is 2. The largest absolute Gasteiger partial charge is 0.466 e.